The van der Waals surface area contributed by atoms with Gasteiger partial charge in [0.05, 0.1) is 5.69 Å². The van der Waals surface area contributed by atoms with Crippen molar-refractivity contribution < 1.29 is 5.11 Å². The number of phenols is 1. The smallest absolute Gasteiger partial charge is 0.187 e. The number of halogens is 1. The quantitative estimate of drug-likeness (QED) is 0.450. The number of anilines is 2. The molecule has 0 bridgehead atoms. The lowest BCUT2D eigenvalue weighted by molar-refractivity contribution is 0.477. The molecular weight excluding hydrogens is 374 g/mol. The lowest BCUT2D eigenvalue weighted by Crippen LogP contribution is -1.89. The monoisotopic (exact) mass is 385 g/mol. The summed E-state index contributed by atoms with van der Waals surface area (Å²) in [5, 5.41) is 19.4. The van der Waals surface area contributed by atoms with E-state index in [-0.39, 0.29) is 5.75 Å². The molecule has 4 nitrogen and oxygen atoms in total. The molecule has 25 heavy (non-hydrogen) atoms. The van der Waals surface area contributed by atoms with E-state index in [4.69, 9.17) is 11.6 Å². The Hall–Kier alpha value is -2.41. The first kappa shape index (κ1) is 16.1. The molecule has 0 atom stereocenters. The first-order valence-corrected chi connectivity index (χ1v) is 9.55. The Bertz CT molecular complexity index is 1010. The van der Waals surface area contributed by atoms with Crippen LogP contribution >= 0.6 is 34.3 Å². The molecule has 0 spiro atoms. The Kier molecular flexibility index (Phi) is 4.40. The van der Waals surface area contributed by atoms with Crippen LogP contribution in [0.25, 0.3) is 22.0 Å². The van der Waals surface area contributed by atoms with E-state index >= 15 is 0 Å². The predicted molar refractivity (Wildman–Crippen MR) is 105 cm³/mol. The summed E-state index contributed by atoms with van der Waals surface area (Å²) in [4.78, 5) is 9.19. The van der Waals surface area contributed by atoms with Gasteiger partial charge in [-0.15, -0.1) is 22.7 Å². The Morgan fingerprint density at radius 3 is 2.44 bits per heavy atom. The van der Waals surface area contributed by atoms with Crippen molar-refractivity contribution in [2.75, 3.05) is 5.32 Å². The van der Waals surface area contributed by atoms with Crippen molar-refractivity contribution >= 4 is 45.1 Å². The van der Waals surface area contributed by atoms with Crippen LogP contribution in [-0.2, 0) is 0 Å². The highest BCUT2D eigenvalue weighted by Crippen LogP contribution is 2.34. The molecule has 0 aliphatic carbocycles. The minimum Gasteiger partial charge on any atom is -0.507 e. The number of phenolic OH excluding ortho intramolecular Hbond substituents is 1. The predicted octanol–water partition coefficient (Wildman–Crippen LogP) is 6.04. The van der Waals surface area contributed by atoms with E-state index in [0.717, 1.165) is 32.8 Å². The molecule has 0 aliphatic rings. The first-order chi connectivity index (χ1) is 12.2. The maximum atomic E-state index is 9.96. The highest BCUT2D eigenvalue weighted by Gasteiger charge is 2.12. The highest BCUT2D eigenvalue weighted by molar-refractivity contribution is 7.15. The van der Waals surface area contributed by atoms with Crippen molar-refractivity contribution in [2.45, 2.75) is 0 Å². The minimum absolute atomic E-state index is 0.225. The molecule has 2 aromatic carbocycles. The summed E-state index contributed by atoms with van der Waals surface area (Å²) in [5.74, 6) is 0.225. The van der Waals surface area contributed by atoms with Gasteiger partial charge in [-0.05, 0) is 36.4 Å². The lowest BCUT2D eigenvalue weighted by Gasteiger charge is -2.01. The fraction of sp³-hybridized carbons (Fsp3) is 0. The molecule has 0 aliphatic heterocycles. The summed E-state index contributed by atoms with van der Waals surface area (Å²) in [5.41, 5.74) is 3.21. The van der Waals surface area contributed by atoms with Crippen LogP contribution in [0.5, 0.6) is 5.75 Å². The van der Waals surface area contributed by atoms with Gasteiger partial charge in [-0.2, -0.15) is 0 Å². The number of rotatable bonds is 4. The van der Waals surface area contributed by atoms with Crippen molar-refractivity contribution in [1.82, 2.24) is 9.97 Å². The number of nitrogens with zero attached hydrogens (tertiary/aromatic N) is 2. The molecule has 0 saturated carbocycles. The van der Waals surface area contributed by atoms with E-state index in [1.54, 1.807) is 12.1 Å². The fourth-order valence-corrected chi connectivity index (χ4v) is 3.99. The van der Waals surface area contributed by atoms with Crippen molar-refractivity contribution in [3.05, 3.63) is 64.3 Å². The second-order valence-electron chi connectivity index (χ2n) is 5.22. The Balaban J connectivity index is 1.56. The maximum Gasteiger partial charge on any atom is 0.187 e. The van der Waals surface area contributed by atoms with Gasteiger partial charge in [0.1, 0.15) is 16.5 Å². The van der Waals surface area contributed by atoms with Crippen LogP contribution in [0.1, 0.15) is 0 Å². The van der Waals surface area contributed by atoms with E-state index in [9.17, 15) is 5.11 Å². The van der Waals surface area contributed by atoms with Crippen LogP contribution in [-0.4, -0.2) is 15.1 Å². The molecule has 0 unspecified atom stereocenters. The number of aromatic hydroxyl groups is 1. The van der Waals surface area contributed by atoms with Gasteiger partial charge >= 0.3 is 0 Å². The zero-order valence-corrected chi connectivity index (χ0v) is 15.2. The molecule has 124 valence electrons. The van der Waals surface area contributed by atoms with Crippen molar-refractivity contribution in [2.24, 2.45) is 0 Å². The van der Waals surface area contributed by atoms with Gasteiger partial charge < -0.3 is 10.4 Å². The average Bonchev–Trinajstić information content (AvgIpc) is 3.27. The largest absolute Gasteiger partial charge is 0.507 e. The molecule has 0 fully saturated rings. The standard InChI is InChI=1S/C18H12ClN3OS2/c19-11-5-7-12(8-6-11)20-18-22-15(10-25-18)17-21-14(9-24-17)13-3-1-2-4-16(13)23/h1-10,23H,(H,20,22). The van der Waals surface area contributed by atoms with Crippen LogP contribution in [0, 0.1) is 0 Å². The number of aromatic nitrogens is 2. The van der Waals surface area contributed by atoms with E-state index in [1.165, 1.54) is 22.7 Å². The van der Waals surface area contributed by atoms with Gasteiger partial charge in [0, 0.05) is 27.0 Å². The number of nitrogens with one attached hydrogen (secondary N) is 1. The Morgan fingerprint density at radius 1 is 0.880 bits per heavy atom. The summed E-state index contributed by atoms with van der Waals surface area (Å²) in [6.45, 7) is 0. The summed E-state index contributed by atoms with van der Waals surface area (Å²) in [6, 6.07) is 14.7. The van der Waals surface area contributed by atoms with Gasteiger partial charge in [0.2, 0.25) is 0 Å². The van der Waals surface area contributed by atoms with Crippen LogP contribution in [0.4, 0.5) is 10.8 Å². The number of hydrogen-bond acceptors (Lipinski definition) is 6. The number of para-hydroxylation sites is 1. The molecule has 0 saturated heterocycles. The van der Waals surface area contributed by atoms with Gasteiger partial charge in [-0.1, -0.05) is 23.7 Å². The second kappa shape index (κ2) is 6.84. The Morgan fingerprint density at radius 2 is 1.64 bits per heavy atom. The van der Waals surface area contributed by atoms with Crippen LogP contribution in [0.15, 0.2) is 59.3 Å². The molecule has 0 radical (unpaired) electrons. The van der Waals surface area contributed by atoms with Crippen LogP contribution in [0.2, 0.25) is 5.02 Å². The molecule has 4 rings (SSSR count). The summed E-state index contributed by atoms with van der Waals surface area (Å²) in [6.07, 6.45) is 0. The van der Waals surface area contributed by atoms with Crippen molar-refractivity contribution in [3.63, 3.8) is 0 Å². The number of benzene rings is 2. The maximum absolute atomic E-state index is 9.96. The van der Waals surface area contributed by atoms with Crippen LogP contribution in [0.3, 0.4) is 0 Å². The van der Waals surface area contributed by atoms with Gasteiger partial charge in [-0.3, -0.25) is 0 Å². The van der Waals surface area contributed by atoms with Crippen molar-refractivity contribution in [1.29, 1.82) is 0 Å². The SMILES string of the molecule is Oc1ccccc1-c1csc(-c2csc(Nc3ccc(Cl)cc3)n2)n1. The summed E-state index contributed by atoms with van der Waals surface area (Å²) >= 11 is 8.92. The van der Waals surface area contributed by atoms with E-state index < -0.39 is 0 Å². The lowest BCUT2D eigenvalue weighted by atomic mass is 10.1. The molecule has 4 aromatic rings. The third-order valence-electron chi connectivity index (χ3n) is 3.50. The molecule has 2 N–H and O–H groups in total. The average molecular weight is 386 g/mol. The molecular formula is C18H12ClN3OS2. The van der Waals surface area contributed by atoms with Crippen molar-refractivity contribution in [3.8, 4) is 27.7 Å². The first-order valence-electron chi connectivity index (χ1n) is 7.41. The zero-order valence-electron chi connectivity index (χ0n) is 12.8. The van der Waals surface area contributed by atoms with Gasteiger partial charge in [-0.25, -0.2) is 9.97 Å². The molecule has 2 heterocycles. The second-order valence-corrected chi connectivity index (χ2v) is 7.38. The fourth-order valence-electron chi connectivity index (χ4n) is 2.29. The molecule has 0 amide bonds. The van der Waals surface area contributed by atoms with E-state index in [2.05, 4.69) is 15.3 Å². The molecule has 7 heteroatoms. The third kappa shape index (κ3) is 3.51. The minimum atomic E-state index is 0.225. The zero-order chi connectivity index (χ0) is 17.2. The van der Waals surface area contributed by atoms with E-state index in [1.807, 2.05) is 47.2 Å². The molecule has 2 aromatic heterocycles. The summed E-state index contributed by atoms with van der Waals surface area (Å²) < 4.78 is 0. The number of thiazole rings is 2. The highest BCUT2D eigenvalue weighted by atomic mass is 35.5. The van der Waals surface area contributed by atoms with Crippen LogP contribution < -0.4 is 5.32 Å². The Labute approximate surface area is 157 Å². The van der Waals surface area contributed by atoms with Gasteiger partial charge in [0.15, 0.2) is 5.13 Å². The van der Waals surface area contributed by atoms with E-state index in [0.29, 0.717) is 5.02 Å². The number of hydrogen-bond donors (Lipinski definition) is 2. The normalized spacial score (nSPS) is 10.8. The third-order valence-corrected chi connectivity index (χ3v) is 5.38. The summed E-state index contributed by atoms with van der Waals surface area (Å²) in [7, 11) is 0. The van der Waals surface area contributed by atoms with Gasteiger partial charge in [0.25, 0.3) is 0 Å². The topological polar surface area (TPSA) is 58.0 Å².